The minimum atomic E-state index is -0.505. The highest BCUT2D eigenvalue weighted by Gasteiger charge is 2.57. The van der Waals surface area contributed by atoms with Crippen LogP contribution in [0.25, 0.3) is 0 Å². The standard InChI is InChI=1S/C18H22N2O2S/c1-11-18(2,15-8-12-3-4-13(15)7-12)17(22)20(19-11)9-16(21)14-5-6-23-10-14/h5-6,10,12-13,15H,3-4,7-9H2,1-2H3/t12-,13-,15-,18?/m1/s1. The zero-order valence-electron chi connectivity index (χ0n) is 13.6. The molecule has 2 bridgehead atoms. The SMILES string of the molecule is CC1=NN(CC(=O)c2ccsc2)C(=O)C1(C)[C@@H]1C[C@@H]2CC[C@@H]1C2. The van der Waals surface area contributed by atoms with Crippen molar-refractivity contribution in [1.29, 1.82) is 0 Å². The predicted octanol–water partition coefficient (Wildman–Crippen LogP) is 3.59. The average molecular weight is 330 g/mol. The third kappa shape index (κ3) is 2.20. The number of fused-ring (bicyclic) bond motifs is 2. The molecule has 2 aliphatic carbocycles. The summed E-state index contributed by atoms with van der Waals surface area (Å²) in [7, 11) is 0. The molecule has 0 saturated heterocycles. The van der Waals surface area contributed by atoms with E-state index in [-0.39, 0.29) is 18.2 Å². The number of carbonyl (C=O) groups is 2. The maximum Gasteiger partial charge on any atom is 0.255 e. The minimum Gasteiger partial charge on any atom is -0.292 e. The average Bonchev–Trinajstić information content (AvgIpc) is 3.30. The highest BCUT2D eigenvalue weighted by atomic mass is 32.1. The third-order valence-electron chi connectivity index (χ3n) is 6.32. The fraction of sp³-hybridized carbons (Fsp3) is 0.611. The molecule has 5 heteroatoms. The number of thiophene rings is 1. The number of hydrazone groups is 1. The fourth-order valence-corrected chi connectivity index (χ4v) is 5.55. The van der Waals surface area contributed by atoms with E-state index in [1.54, 1.807) is 6.07 Å². The van der Waals surface area contributed by atoms with E-state index >= 15 is 0 Å². The van der Waals surface area contributed by atoms with Crippen LogP contribution in [0.2, 0.25) is 0 Å². The first-order chi connectivity index (χ1) is 11.0. The van der Waals surface area contributed by atoms with Gasteiger partial charge in [0.15, 0.2) is 5.78 Å². The van der Waals surface area contributed by atoms with Gasteiger partial charge in [0.05, 0.1) is 11.1 Å². The van der Waals surface area contributed by atoms with Gasteiger partial charge in [-0.05, 0) is 62.3 Å². The lowest BCUT2D eigenvalue weighted by Crippen LogP contribution is -2.45. The highest BCUT2D eigenvalue weighted by Crippen LogP contribution is 2.56. The van der Waals surface area contributed by atoms with Gasteiger partial charge in [0, 0.05) is 10.9 Å². The predicted molar refractivity (Wildman–Crippen MR) is 90.5 cm³/mol. The molecule has 23 heavy (non-hydrogen) atoms. The normalized spacial score (nSPS) is 35.9. The minimum absolute atomic E-state index is 0.0242. The van der Waals surface area contributed by atoms with Crippen LogP contribution in [0.5, 0.6) is 0 Å². The molecule has 0 spiro atoms. The summed E-state index contributed by atoms with van der Waals surface area (Å²) in [4.78, 5) is 25.4. The summed E-state index contributed by atoms with van der Waals surface area (Å²) in [5.41, 5.74) is 1.05. The summed E-state index contributed by atoms with van der Waals surface area (Å²) in [6.45, 7) is 4.07. The second kappa shape index (κ2) is 5.26. The highest BCUT2D eigenvalue weighted by molar-refractivity contribution is 7.08. The quantitative estimate of drug-likeness (QED) is 0.792. The summed E-state index contributed by atoms with van der Waals surface area (Å²) >= 11 is 1.50. The Kier molecular flexibility index (Phi) is 3.45. The molecule has 3 aliphatic rings. The van der Waals surface area contributed by atoms with Crippen molar-refractivity contribution in [3.05, 3.63) is 22.4 Å². The van der Waals surface area contributed by atoms with Crippen molar-refractivity contribution in [1.82, 2.24) is 5.01 Å². The molecular weight excluding hydrogens is 308 g/mol. The van der Waals surface area contributed by atoms with E-state index in [1.807, 2.05) is 17.7 Å². The van der Waals surface area contributed by atoms with Crippen molar-refractivity contribution < 1.29 is 9.59 Å². The van der Waals surface area contributed by atoms with Gasteiger partial charge in [-0.25, -0.2) is 5.01 Å². The van der Waals surface area contributed by atoms with Gasteiger partial charge in [-0.2, -0.15) is 16.4 Å². The molecule has 2 heterocycles. The number of nitrogens with zero attached hydrogens (tertiary/aromatic N) is 2. The molecule has 4 atom stereocenters. The molecule has 0 radical (unpaired) electrons. The maximum atomic E-state index is 13.1. The summed E-state index contributed by atoms with van der Waals surface area (Å²) in [5, 5.41) is 9.61. The summed E-state index contributed by atoms with van der Waals surface area (Å²) in [6, 6.07) is 1.80. The molecule has 4 nitrogen and oxygen atoms in total. The molecule has 1 aromatic heterocycles. The smallest absolute Gasteiger partial charge is 0.255 e. The molecule has 0 aromatic carbocycles. The molecular formula is C18H22N2O2S. The number of carbonyl (C=O) groups excluding carboxylic acids is 2. The third-order valence-corrected chi connectivity index (χ3v) is 7.00. The second-order valence-corrected chi connectivity index (χ2v) is 8.25. The Labute approximate surface area is 140 Å². The first kappa shape index (κ1) is 15.1. The Morgan fingerprint density at radius 1 is 1.43 bits per heavy atom. The van der Waals surface area contributed by atoms with Gasteiger partial charge in [0.1, 0.15) is 6.54 Å². The van der Waals surface area contributed by atoms with Crippen molar-refractivity contribution in [2.24, 2.45) is 28.3 Å². The molecule has 1 amide bonds. The Balaban J connectivity index is 1.54. The van der Waals surface area contributed by atoms with Crippen LogP contribution < -0.4 is 0 Å². The Hall–Kier alpha value is -1.49. The molecule has 1 aliphatic heterocycles. The van der Waals surface area contributed by atoms with Gasteiger partial charge in [-0.15, -0.1) is 0 Å². The lowest BCUT2D eigenvalue weighted by atomic mass is 9.66. The van der Waals surface area contributed by atoms with Crippen LogP contribution >= 0.6 is 11.3 Å². The Morgan fingerprint density at radius 3 is 2.87 bits per heavy atom. The monoisotopic (exact) mass is 330 g/mol. The van der Waals surface area contributed by atoms with Crippen LogP contribution in [0.15, 0.2) is 21.9 Å². The number of hydrogen-bond donors (Lipinski definition) is 0. The summed E-state index contributed by atoms with van der Waals surface area (Å²) < 4.78 is 0. The number of rotatable bonds is 4. The molecule has 1 aromatic rings. The van der Waals surface area contributed by atoms with Crippen molar-refractivity contribution >= 4 is 28.7 Å². The Bertz CT molecular complexity index is 681. The van der Waals surface area contributed by atoms with Crippen molar-refractivity contribution in [2.45, 2.75) is 39.5 Å². The zero-order chi connectivity index (χ0) is 16.2. The molecule has 1 unspecified atom stereocenters. The van der Waals surface area contributed by atoms with Crippen LogP contribution in [0, 0.1) is 23.2 Å². The topological polar surface area (TPSA) is 49.7 Å². The second-order valence-electron chi connectivity index (χ2n) is 7.47. The first-order valence-corrected chi connectivity index (χ1v) is 9.37. The Morgan fingerprint density at radius 2 is 2.26 bits per heavy atom. The van der Waals surface area contributed by atoms with Crippen LogP contribution in [0.4, 0.5) is 0 Å². The lowest BCUT2D eigenvalue weighted by Gasteiger charge is -2.35. The molecule has 0 N–H and O–H groups in total. The van der Waals surface area contributed by atoms with E-state index in [0.717, 1.165) is 18.1 Å². The molecule has 2 saturated carbocycles. The van der Waals surface area contributed by atoms with Gasteiger partial charge in [0.25, 0.3) is 5.91 Å². The largest absolute Gasteiger partial charge is 0.292 e. The molecule has 2 fully saturated rings. The van der Waals surface area contributed by atoms with Gasteiger partial charge >= 0.3 is 0 Å². The van der Waals surface area contributed by atoms with Crippen molar-refractivity contribution in [2.75, 3.05) is 6.54 Å². The lowest BCUT2D eigenvalue weighted by molar-refractivity contribution is -0.138. The van der Waals surface area contributed by atoms with E-state index in [1.165, 1.54) is 35.6 Å². The van der Waals surface area contributed by atoms with Gasteiger partial charge < -0.3 is 0 Å². The molecule has 4 rings (SSSR count). The summed E-state index contributed by atoms with van der Waals surface area (Å²) in [5.74, 6) is 1.85. The van der Waals surface area contributed by atoms with E-state index in [9.17, 15) is 9.59 Å². The van der Waals surface area contributed by atoms with Crippen LogP contribution in [-0.4, -0.2) is 29.0 Å². The van der Waals surface area contributed by atoms with E-state index < -0.39 is 5.41 Å². The zero-order valence-corrected chi connectivity index (χ0v) is 14.4. The van der Waals surface area contributed by atoms with Gasteiger partial charge in [-0.3, -0.25) is 9.59 Å². The van der Waals surface area contributed by atoms with Gasteiger partial charge in [0.2, 0.25) is 0 Å². The van der Waals surface area contributed by atoms with Crippen LogP contribution in [-0.2, 0) is 4.79 Å². The van der Waals surface area contributed by atoms with E-state index in [0.29, 0.717) is 17.4 Å². The van der Waals surface area contributed by atoms with E-state index in [4.69, 9.17) is 0 Å². The fourth-order valence-electron chi connectivity index (χ4n) is 4.89. The van der Waals surface area contributed by atoms with Crippen molar-refractivity contribution in [3.8, 4) is 0 Å². The summed E-state index contributed by atoms with van der Waals surface area (Å²) in [6.07, 6.45) is 4.99. The van der Waals surface area contributed by atoms with E-state index in [2.05, 4.69) is 12.0 Å². The first-order valence-electron chi connectivity index (χ1n) is 8.43. The van der Waals surface area contributed by atoms with Crippen molar-refractivity contribution in [3.63, 3.8) is 0 Å². The number of Topliss-reactive ketones (excluding diaryl/α,β-unsaturated/α-hetero) is 1. The number of hydrogen-bond acceptors (Lipinski definition) is 4. The van der Waals surface area contributed by atoms with Gasteiger partial charge in [-0.1, -0.05) is 6.42 Å². The maximum absolute atomic E-state index is 13.1. The molecule has 122 valence electrons. The van der Waals surface area contributed by atoms with Crippen LogP contribution in [0.3, 0.4) is 0 Å². The number of amides is 1. The number of ketones is 1. The van der Waals surface area contributed by atoms with Crippen LogP contribution in [0.1, 0.15) is 49.9 Å².